The summed E-state index contributed by atoms with van der Waals surface area (Å²) in [5.74, 6) is 3.44. The molecule has 26 heavy (non-hydrogen) atoms. The normalized spacial score (nSPS) is 21.5. The van der Waals surface area contributed by atoms with Gasteiger partial charge in [0.1, 0.15) is 5.75 Å². The molecule has 1 aromatic carbocycles. The summed E-state index contributed by atoms with van der Waals surface area (Å²) in [6.45, 7) is 10.2. The Morgan fingerprint density at radius 3 is 2.42 bits per heavy atom. The van der Waals surface area contributed by atoms with Gasteiger partial charge >= 0.3 is 0 Å². The van der Waals surface area contributed by atoms with Crippen LogP contribution in [0.2, 0.25) is 0 Å². The largest absolute Gasteiger partial charge is 0.497 e. The monoisotopic (exact) mass is 360 g/mol. The lowest BCUT2D eigenvalue weighted by molar-refractivity contribution is 0.139. The second-order valence-corrected chi connectivity index (χ2v) is 7.61. The van der Waals surface area contributed by atoms with Crippen molar-refractivity contribution in [2.24, 2.45) is 16.8 Å². The molecular formula is C21H36N4O. The molecule has 1 aliphatic heterocycles. The number of guanidine groups is 1. The number of benzene rings is 1. The molecule has 146 valence electrons. The van der Waals surface area contributed by atoms with Crippen molar-refractivity contribution in [2.75, 3.05) is 40.3 Å². The first kappa shape index (κ1) is 20.6. The number of methoxy groups -OCH3 is 1. The van der Waals surface area contributed by atoms with Gasteiger partial charge in [0.05, 0.1) is 7.11 Å². The van der Waals surface area contributed by atoms with Crippen LogP contribution < -0.4 is 15.4 Å². The van der Waals surface area contributed by atoms with Gasteiger partial charge in [-0.3, -0.25) is 4.99 Å². The van der Waals surface area contributed by atoms with E-state index in [0.717, 1.165) is 36.6 Å². The van der Waals surface area contributed by atoms with E-state index in [-0.39, 0.29) is 0 Å². The highest BCUT2D eigenvalue weighted by molar-refractivity contribution is 5.79. The van der Waals surface area contributed by atoms with Crippen molar-refractivity contribution in [1.82, 2.24) is 15.5 Å². The lowest BCUT2D eigenvalue weighted by atomic mass is 9.92. The van der Waals surface area contributed by atoms with Crippen LogP contribution in [0.15, 0.2) is 29.3 Å². The molecule has 0 aromatic heterocycles. The molecule has 1 aliphatic rings. The highest BCUT2D eigenvalue weighted by atomic mass is 16.5. The summed E-state index contributed by atoms with van der Waals surface area (Å²) in [5, 5.41) is 6.78. The number of rotatable bonds is 8. The predicted octanol–water partition coefficient (Wildman–Crippen LogP) is 3.12. The van der Waals surface area contributed by atoms with E-state index in [2.05, 4.69) is 46.5 Å². The topological polar surface area (TPSA) is 48.9 Å². The van der Waals surface area contributed by atoms with Gasteiger partial charge in [0.25, 0.3) is 0 Å². The first-order valence-corrected chi connectivity index (χ1v) is 9.90. The zero-order valence-corrected chi connectivity index (χ0v) is 16.9. The molecule has 1 heterocycles. The summed E-state index contributed by atoms with van der Waals surface area (Å²) in [5.41, 5.74) is 1.21. The molecular weight excluding hydrogens is 324 g/mol. The summed E-state index contributed by atoms with van der Waals surface area (Å²) in [6, 6.07) is 8.10. The maximum absolute atomic E-state index is 5.19. The van der Waals surface area contributed by atoms with E-state index < -0.39 is 0 Å². The number of unbranched alkanes of at least 4 members (excludes halogenated alkanes) is 1. The molecule has 0 aliphatic carbocycles. The molecule has 1 fully saturated rings. The van der Waals surface area contributed by atoms with Gasteiger partial charge in [0.2, 0.25) is 0 Å². The summed E-state index contributed by atoms with van der Waals surface area (Å²) in [7, 11) is 3.51. The Labute approximate surface area is 159 Å². The fourth-order valence-corrected chi connectivity index (χ4v) is 3.79. The van der Waals surface area contributed by atoms with E-state index in [1.54, 1.807) is 7.11 Å². The second-order valence-electron chi connectivity index (χ2n) is 7.61. The molecule has 0 spiro atoms. The van der Waals surface area contributed by atoms with Crippen molar-refractivity contribution in [2.45, 2.75) is 39.7 Å². The van der Waals surface area contributed by atoms with Crippen LogP contribution in [0.1, 0.15) is 38.7 Å². The van der Waals surface area contributed by atoms with Crippen LogP contribution in [-0.2, 0) is 6.54 Å². The quantitative estimate of drug-likeness (QED) is 0.425. The minimum Gasteiger partial charge on any atom is -0.497 e. The highest BCUT2D eigenvalue weighted by Gasteiger charge is 2.20. The summed E-state index contributed by atoms with van der Waals surface area (Å²) in [4.78, 5) is 6.94. The first-order chi connectivity index (χ1) is 12.6. The molecule has 5 heteroatoms. The maximum atomic E-state index is 5.19. The molecule has 2 unspecified atom stereocenters. The molecule has 1 saturated heterocycles. The van der Waals surface area contributed by atoms with Crippen LogP contribution in [-0.4, -0.2) is 51.2 Å². The van der Waals surface area contributed by atoms with Gasteiger partial charge in [-0.2, -0.15) is 0 Å². The summed E-state index contributed by atoms with van der Waals surface area (Å²) < 4.78 is 5.19. The number of hydrogen-bond acceptors (Lipinski definition) is 3. The van der Waals surface area contributed by atoms with Crippen molar-refractivity contribution in [1.29, 1.82) is 0 Å². The first-order valence-electron chi connectivity index (χ1n) is 9.90. The fourth-order valence-electron chi connectivity index (χ4n) is 3.79. The number of nitrogens with one attached hydrogen (secondary N) is 2. The lowest BCUT2D eigenvalue weighted by Crippen LogP contribution is -2.40. The molecule has 2 rings (SSSR count). The molecule has 5 nitrogen and oxygen atoms in total. The van der Waals surface area contributed by atoms with Crippen molar-refractivity contribution >= 4 is 5.96 Å². The van der Waals surface area contributed by atoms with Gasteiger partial charge in [-0.1, -0.05) is 26.0 Å². The Bertz CT molecular complexity index is 533. The predicted molar refractivity (Wildman–Crippen MR) is 110 cm³/mol. The van der Waals surface area contributed by atoms with Gasteiger partial charge in [-0.25, -0.2) is 0 Å². The van der Waals surface area contributed by atoms with Crippen LogP contribution in [0.4, 0.5) is 0 Å². The summed E-state index contributed by atoms with van der Waals surface area (Å²) in [6.07, 6.45) is 3.79. The Hall–Kier alpha value is -1.75. The average molecular weight is 361 g/mol. The van der Waals surface area contributed by atoms with E-state index in [0.29, 0.717) is 0 Å². The SMILES string of the molecule is CN=C(NCCCCN1CC(C)CC(C)C1)NCc1ccc(OC)cc1. The number of likely N-dealkylation sites (tertiary alicyclic amines) is 1. The number of nitrogens with zero attached hydrogens (tertiary/aromatic N) is 2. The zero-order chi connectivity index (χ0) is 18.8. The zero-order valence-electron chi connectivity index (χ0n) is 16.9. The molecule has 2 N–H and O–H groups in total. The molecule has 0 bridgehead atoms. The van der Waals surface area contributed by atoms with Gasteiger partial charge in [0, 0.05) is 33.2 Å². The smallest absolute Gasteiger partial charge is 0.191 e. The molecule has 0 saturated carbocycles. The average Bonchev–Trinajstić information content (AvgIpc) is 2.63. The third kappa shape index (κ3) is 7.24. The van der Waals surface area contributed by atoms with Gasteiger partial charge in [-0.05, 0) is 55.3 Å². The minimum atomic E-state index is 0.757. The van der Waals surface area contributed by atoms with E-state index >= 15 is 0 Å². The standard InChI is InChI=1S/C21H36N4O/c1-17-13-18(2)16-25(15-17)12-6-5-11-23-21(22-3)24-14-19-7-9-20(26-4)10-8-19/h7-10,17-18H,5-6,11-16H2,1-4H3,(H2,22,23,24). The van der Waals surface area contributed by atoms with Crippen LogP contribution in [0, 0.1) is 11.8 Å². The fraction of sp³-hybridized carbons (Fsp3) is 0.667. The molecule has 2 atom stereocenters. The van der Waals surface area contributed by atoms with E-state index in [9.17, 15) is 0 Å². The van der Waals surface area contributed by atoms with Crippen molar-refractivity contribution in [3.63, 3.8) is 0 Å². The Kier molecular flexibility index (Phi) is 8.75. The van der Waals surface area contributed by atoms with Crippen LogP contribution >= 0.6 is 0 Å². The number of aliphatic imine (C=N–C) groups is 1. The third-order valence-electron chi connectivity index (χ3n) is 4.98. The van der Waals surface area contributed by atoms with Crippen LogP contribution in [0.3, 0.4) is 0 Å². The minimum absolute atomic E-state index is 0.757. The van der Waals surface area contributed by atoms with E-state index in [4.69, 9.17) is 4.74 Å². The Balaban J connectivity index is 1.59. The Morgan fingerprint density at radius 1 is 1.12 bits per heavy atom. The molecule has 1 aromatic rings. The van der Waals surface area contributed by atoms with Gasteiger partial charge < -0.3 is 20.3 Å². The number of piperidine rings is 1. The molecule has 0 amide bonds. The third-order valence-corrected chi connectivity index (χ3v) is 4.98. The van der Waals surface area contributed by atoms with Crippen LogP contribution in [0.25, 0.3) is 0 Å². The van der Waals surface area contributed by atoms with Crippen molar-refractivity contribution in [3.05, 3.63) is 29.8 Å². The van der Waals surface area contributed by atoms with Gasteiger partial charge in [-0.15, -0.1) is 0 Å². The van der Waals surface area contributed by atoms with Gasteiger partial charge in [0.15, 0.2) is 5.96 Å². The Morgan fingerprint density at radius 2 is 1.81 bits per heavy atom. The molecule has 0 radical (unpaired) electrons. The maximum Gasteiger partial charge on any atom is 0.191 e. The van der Waals surface area contributed by atoms with Crippen molar-refractivity contribution in [3.8, 4) is 5.75 Å². The number of ether oxygens (including phenoxy) is 1. The summed E-state index contributed by atoms with van der Waals surface area (Å²) >= 11 is 0. The van der Waals surface area contributed by atoms with Crippen molar-refractivity contribution < 1.29 is 4.74 Å². The lowest BCUT2D eigenvalue weighted by Gasteiger charge is -2.34. The van der Waals surface area contributed by atoms with E-state index in [1.807, 2.05) is 19.2 Å². The highest BCUT2D eigenvalue weighted by Crippen LogP contribution is 2.20. The second kappa shape index (κ2) is 11.1. The van der Waals surface area contributed by atoms with E-state index in [1.165, 1.54) is 44.5 Å². The van der Waals surface area contributed by atoms with Crippen LogP contribution in [0.5, 0.6) is 5.75 Å². The number of hydrogen-bond donors (Lipinski definition) is 2.